The smallest absolute Gasteiger partial charge is 0.307 e. The summed E-state index contributed by atoms with van der Waals surface area (Å²) in [5.41, 5.74) is 1.43. The molecule has 0 aliphatic heterocycles. The van der Waals surface area contributed by atoms with Gasteiger partial charge in [0.25, 0.3) is 0 Å². The Labute approximate surface area is 118 Å². The van der Waals surface area contributed by atoms with E-state index >= 15 is 0 Å². The van der Waals surface area contributed by atoms with E-state index in [-0.39, 0.29) is 0 Å². The number of nitrogens with zero attached hydrogens (tertiary/aromatic N) is 2. The lowest BCUT2D eigenvalue weighted by molar-refractivity contribution is -0.141. The van der Waals surface area contributed by atoms with Crippen molar-refractivity contribution in [1.29, 1.82) is 5.26 Å². The Morgan fingerprint density at radius 2 is 2.26 bits per heavy atom. The highest BCUT2D eigenvalue weighted by molar-refractivity contribution is 6.31. The second kappa shape index (κ2) is 7.13. The first kappa shape index (κ1) is 15.5. The summed E-state index contributed by atoms with van der Waals surface area (Å²) in [6, 6.07) is 7.20. The Morgan fingerprint density at radius 3 is 2.74 bits per heavy atom. The number of hydrogen-bond donors (Lipinski definition) is 1. The average Bonchev–Trinajstić information content (AvgIpc) is 2.39. The molecule has 1 N–H and O–H groups in total. The molecule has 1 unspecified atom stereocenters. The fourth-order valence-corrected chi connectivity index (χ4v) is 2.00. The van der Waals surface area contributed by atoms with E-state index < -0.39 is 11.9 Å². The predicted molar refractivity (Wildman–Crippen MR) is 73.9 cm³/mol. The normalized spacial score (nSPS) is 12.2. The van der Waals surface area contributed by atoms with Crippen LogP contribution in [0, 0.1) is 17.2 Å². The SMILES string of the molecule is CCN(Cc1ccc(C#N)cc1Cl)CC(C)C(=O)O. The van der Waals surface area contributed by atoms with Crippen molar-refractivity contribution in [3.63, 3.8) is 0 Å². The summed E-state index contributed by atoms with van der Waals surface area (Å²) >= 11 is 6.11. The van der Waals surface area contributed by atoms with E-state index in [1.54, 1.807) is 19.1 Å². The van der Waals surface area contributed by atoms with Gasteiger partial charge >= 0.3 is 5.97 Å². The molecule has 0 aliphatic carbocycles. The number of aliphatic carboxylic acids is 1. The van der Waals surface area contributed by atoms with Crippen LogP contribution in [0.4, 0.5) is 0 Å². The highest BCUT2D eigenvalue weighted by Crippen LogP contribution is 2.19. The molecule has 0 aromatic heterocycles. The number of carboxylic acids is 1. The van der Waals surface area contributed by atoms with Crippen molar-refractivity contribution in [1.82, 2.24) is 4.90 Å². The van der Waals surface area contributed by atoms with Crippen LogP contribution in [0.15, 0.2) is 18.2 Å². The fourth-order valence-electron chi connectivity index (χ4n) is 1.76. The predicted octanol–water partition coefficient (Wildman–Crippen LogP) is 2.75. The van der Waals surface area contributed by atoms with E-state index in [2.05, 4.69) is 0 Å². The van der Waals surface area contributed by atoms with Crippen LogP contribution in [0.3, 0.4) is 0 Å². The van der Waals surface area contributed by atoms with Crippen LogP contribution >= 0.6 is 11.6 Å². The zero-order valence-corrected chi connectivity index (χ0v) is 11.8. The Kier molecular flexibility index (Phi) is 5.81. The van der Waals surface area contributed by atoms with Gasteiger partial charge in [0.1, 0.15) is 0 Å². The molecule has 1 rings (SSSR count). The van der Waals surface area contributed by atoms with E-state index in [4.69, 9.17) is 22.0 Å². The van der Waals surface area contributed by atoms with Crippen LogP contribution in [0.25, 0.3) is 0 Å². The van der Waals surface area contributed by atoms with Crippen molar-refractivity contribution in [2.45, 2.75) is 20.4 Å². The maximum absolute atomic E-state index is 10.9. The molecular weight excluding hydrogens is 264 g/mol. The number of halogens is 1. The molecule has 5 heteroatoms. The van der Waals surface area contributed by atoms with E-state index in [1.165, 1.54) is 0 Å². The van der Waals surface area contributed by atoms with Gasteiger partial charge < -0.3 is 5.11 Å². The lowest BCUT2D eigenvalue weighted by atomic mass is 10.1. The number of nitriles is 1. The zero-order valence-electron chi connectivity index (χ0n) is 11.1. The molecule has 0 fully saturated rings. The summed E-state index contributed by atoms with van der Waals surface area (Å²) < 4.78 is 0. The van der Waals surface area contributed by atoms with Gasteiger partial charge in [0.15, 0.2) is 0 Å². The number of hydrogen-bond acceptors (Lipinski definition) is 3. The Balaban J connectivity index is 2.76. The third-order valence-electron chi connectivity index (χ3n) is 2.98. The Morgan fingerprint density at radius 1 is 1.58 bits per heavy atom. The molecule has 1 aromatic rings. The van der Waals surface area contributed by atoms with E-state index in [9.17, 15) is 4.79 Å². The monoisotopic (exact) mass is 280 g/mol. The van der Waals surface area contributed by atoms with Crippen molar-refractivity contribution in [3.05, 3.63) is 34.3 Å². The minimum Gasteiger partial charge on any atom is -0.481 e. The first-order valence-electron chi connectivity index (χ1n) is 6.11. The summed E-state index contributed by atoms with van der Waals surface area (Å²) in [7, 11) is 0. The summed E-state index contributed by atoms with van der Waals surface area (Å²) in [4.78, 5) is 12.9. The van der Waals surface area contributed by atoms with Crippen molar-refractivity contribution in [2.24, 2.45) is 5.92 Å². The van der Waals surface area contributed by atoms with Crippen LogP contribution in [0.5, 0.6) is 0 Å². The molecule has 0 saturated carbocycles. The molecule has 0 spiro atoms. The molecule has 1 atom stereocenters. The molecule has 19 heavy (non-hydrogen) atoms. The van der Waals surface area contributed by atoms with Crippen molar-refractivity contribution >= 4 is 17.6 Å². The highest BCUT2D eigenvalue weighted by atomic mass is 35.5. The van der Waals surface area contributed by atoms with Crippen LogP contribution < -0.4 is 0 Å². The zero-order chi connectivity index (χ0) is 14.4. The number of carbonyl (C=O) groups is 1. The number of rotatable bonds is 6. The maximum atomic E-state index is 10.9. The molecule has 0 heterocycles. The summed E-state index contributed by atoms with van der Waals surface area (Å²) in [6.45, 7) is 5.46. The van der Waals surface area contributed by atoms with Crippen molar-refractivity contribution < 1.29 is 9.90 Å². The van der Waals surface area contributed by atoms with Crippen LogP contribution in [0.1, 0.15) is 25.0 Å². The van der Waals surface area contributed by atoms with Crippen LogP contribution in [0.2, 0.25) is 5.02 Å². The quantitative estimate of drug-likeness (QED) is 0.870. The molecule has 102 valence electrons. The summed E-state index contributed by atoms with van der Waals surface area (Å²) in [5, 5.41) is 18.2. The third kappa shape index (κ3) is 4.55. The highest BCUT2D eigenvalue weighted by Gasteiger charge is 2.16. The van der Waals surface area contributed by atoms with Gasteiger partial charge in [-0.1, -0.05) is 31.5 Å². The summed E-state index contributed by atoms with van der Waals surface area (Å²) in [6.07, 6.45) is 0. The van der Waals surface area contributed by atoms with Gasteiger partial charge in [-0.2, -0.15) is 5.26 Å². The minimum atomic E-state index is -0.802. The number of carboxylic acid groups (broad SMARTS) is 1. The third-order valence-corrected chi connectivity index (χ3v) is 3.33. The van der Waals surface area contributed by atoms with Gasteiger partial charge in [-0.3, -0.25) is 9.69 Å². The largest absolute Gasteiger partial charge is 0.481 e. The van der Waals surface area contributed by atoms with Gasteiger partial charge in [0.2, 0.25) is 0 Å². The maximum Gasteiger partial charge on any atom is 0.307 e. The Bertz CT molecular complexity index is 497. The molecular formula is C14H17ClN2O2. The van der Waals surface area contributed by atoms with Gasteiger partial charge in [0, 0.05) is 18.1 Å². The van der Waals surface area contributed by atoms with E-state index in [1.807, 2.05) is 24.0 Å². The van der Waals surface area contributed by atoms with Gasteiger partial charge in [-0.25, -0.2) is 0 Å². The fraction of sp³-hybridized carbons (Fsp3) is 0.429. The molecule has 1 aromatic carbocycles. The molecule has 0 saturated heterocycles. The lowest BCUT2D eigenvalue weighted by Gasteiger charge is -2.23. The van der Waals surface area contributed by atoms with Crippen LogP contribution in [-0.4, -0.2) is 29.1 Å². The second-order valence-corrected chi connectivity index (χ2v) is 4.89. The minimum absolute atomic E-state index is 0.419. The topological polar surface area (TPSA) is 64.3 Å². The number of benzene rings is 1. The molecule has 0 radical (unpaired) electrons. The van der Waals surface area contributed by atoms with Crippen molar-refractivity contribution in [2.75, 3.05) is 13.1 Å². The average molecular weight is 281 g/mol. The lowest BCUT2D eigenvalue weighted by Crippen LogP contribution is -2.31. The van der Waals surface area contributed by atoms with Crippen molar-refractivity contribution in [3.8, 4) is 6.07 Å². The summed E-state index contributed by atoms with van der Waals surface area (Å²) in [5.74, 6) is -1.22. The Hall–Kier alpha value is -1.57. The van der Waals surface area contributed by atoms with Gasteiger partial charge in [-0.15, -0.1) is 0 Å². The second-order valence-electron chi connectivity index (χ2n) is 4.49. The van der Waals surface area contributed by atoms with E-state index in [0.29, 0.717) is 23.7 Å². The molecule has 0 aliphatic rings. The molecule has 0 bridgehead atoms. The first-order valence-corrected chi connectivity index (χ1v) is 6.49. The van der Waals surface area contributed by atoms with E-state index in [0.717, 1.165) is 12.1 Å². The van der Waals surface area contributed by atoms with Crippen LogP contribution in [-0.2, 0) is 11.3 Å². The van der Waals surface area contributed by atoms with Gasteiger partial charge in [0.05, 0.1) is 17.6 Å². The molecule has 0 amide bonds. The standard InChI is InChI=1S/C14H17ClN2O2/c1-3-17(8-10(2)14(18)19)9-12-5-4-11(7-16)6-13(12)15/h4-6,10H,3,8-9H2,1-2H3,(H,18,19). The first-order chi connectivity index (χ1) is 8.97. The van der Waals surface area contributed by atoms with Gasteiger partial charge in [-0.05, 0) is 24.2 Å². The molecule has 4 nitrogen and oxygen atoms in total.